The average molecular weight is 250 g/mol. The van der Waals surface area contributed by atoms with Crippen molar-refractivity contribution in [3.63, 3.8) is 0 Å². The molecule has 0 spiro atoms. The van der Waals surface area contributed by atoms with Crippen LogP contribution in [0.25, 0.3) is 0 Å². The van der Waals surface area contributed by atoms with Crippen LogP contribution in [-0.4, -0.2) is 30.1 Å². The first kappa shape index (κ1) is 14.2. The van der Waals surface area contributed by atoms with Crippen molar-refractivity contribution in [2.45, 2.75) is 25.8 Å². The van der Waals surface area contributed by atoms with Crippen molar-refractivity contribution in [2.24, 2.45) is 5.73 Å². The minimum atomic E-state index is -0.947. The number of carboxylic acids is 1. The van der Waals surface area contributed by atoms with Gasteiger partial charge in [-0.3, -0.25) is 9.59 Å². The summed E-state index contributed by atoms with van der Waals surface area (Å²) in [6.07, 6.45) is 0.0406. The molecule has 1 atom stereocenters. The number of hydrogen-bond donors (Lipinski definition) is 2. The highest BCUT2D eigenvalue weighted by atomic mass is 16.4. The van der Waals surface area contributed by atoms with Crippen molar-refractivity contribution in [1.82, 2.24) is 0 Å². The fraction of sp³-hybridized carbons (Fsp3) is 0.385. The number of carbonyl (C=O) groups is 2. The van der Waals surface area contributed by atoms with Gasteiger partial charge in [0.2, 0.25) is 5.91 Å². The normalized spacial score (nSPS) is 11.9. The molecule has 0 radical (unpaired) electrons. The van der Waals surface area contributed by atoms with Gasteiger partial charge in [-0.1, -0.05) is 18.2 Å². The largest absolute Gasteiger partial charge is 0.481 e. The molecule has 0 aromatic heterocycles. The quantitative estimate of drug-likeness (QED) is 0.821. The summed E-state index contributed by atoms with van der Waals surface area (Å²) in [6.45, 7) is 1.90. The van der Waals surface area contributed by atoms with E-state index in [4.69, 9.17) is 10.8 Å². The monoisotopic (exact) mass is 250 g/mol. The molecule has 1 amide bonds. The number of likely N-dealkylation sites (N-methyl/N-ethyl adjacent to an activating group) is 1. The molecule has 1 aromatic rings. The summed E-state index contributed by atoms with van der Waals surface area (Å²) in [7, 11) is 1.64. The summed E-state index contributed by atoms with van der Waals surface area (Å²) in [6, 6.07) is 6.68. The van der Waals surface area contributed by atoms with Crippen molar-refractivity contribution >= 4 is 17.6 Å². The molecule has 1 rings (SSSR count). The summed E-state index contributed by atoms with van der Waals surface area (Å²) in [5.41, 5.74) is 7.46. The van der Waals surface area contributed by atoms with E-state index in [-0.39, 0.29) is 18.7 Å². The first-order valence-electron chi connectivity index (χ1n) is 5.74. The van der Waals surface area contributed by atoms with Gasteiger partial charge in [-0.2, -0.15) is 0 Å². The lowest BCUT2D eigenvalue weighted by Gasteiger charge is -2.22. The van der Waals surface area contributed by atoms with Gasteiger partial charge in [-0.15, -0.1) is 0 Å². The first-order chi connectivity index (χ1) is 8.43. The zero-order chi connectivity index (χ0) is 13.7. The van der Waals surface area contributed by atoms with Crippen LogP contribution in [0.15, 0.2) is 24.3 Å². The molecule has 5 heteroatoms. The van der Waals surface area contributed by atoms with E-state index in [0.717, 1.165) is 11.3 Å². The van der Waals surface area contributed by atoms with Crippen molar-refractivity contribution in [3.05, 3.63) is 29.8 Å². The Bertz CT molecular complexity index is 446. The Balaban J connectivity index is 2.72. The zero-order valence-electron chi connectivity index (χ0n) is 10.6. The minimum absolute atomic E-state index is 0.103. The lowest BCUT2D eigenvalue weighted by molar-refractivity contribution is -0.137. The minimum Gasteiger partial charge on any atom is -0.481 e. The van der Waals surface area contributed by atoms with E-state index in [2.05, 4.69) is 0 Å². The molecule has 0 aliphatic carbocycles. The highest BCUT2D eigenvalue weighted by molar-refractivity contribution is 5.97. The number of anilines is 1. The van der Waals surface area contributed by atoms with E-state index < -0.39 is 12.0 Å². The van der Waals surface area contributed by atoms with Crippen molar-refractivity contribution in [2.75, 3.05) is 11.9 Å². The van der Waals surface area contributed by atoms with Crippen LogP contribution in [0.2, 0.25) is 0 Å². The molecule has 0 heterocycles. The van der Waals surface area contributed by atoms with Gasteiger partial charge in [0.25, 0.3) is 0 Å². The Hall–Kier alpha value is -1.88. The third-order valence-corrected chi connectivity index (χ3v) is 2.79. The van der Waals surface area contributed by atoms with Crippen molar-refractivity contribution in [1.29, 1.82) is 0 Å². The van der Waals surface area contributed by atoms with Gasteiger partial charge in [0.1, 0.15) is 0 Å². The fourth-order valence-corrected chi connectivity index (χ4v) is 1.71. The number of para-hydroxylation sites is 1. The maximum atomic E-state index is 12.0. The van der Waals surface area contributed by atoms with E-state index >= 15 is 0 Å². The van der Waals surface area contributed by atoms with Gasteiger partial charge in [-0.25, -0.2) is 0 Å². The molecule has 5 nitrogen and oxygen atoms in total. The Morgan fingerprint density at radius 1 is 1.39 bits per heavy atom. The molecule has 0 saturated carbocycles. The van der Waals surface area contributed by atoms with Gasteiger partial charge in [0.15, 0.2) is 0 Å². The molecule has 3 N–H and O–H groups in total. The third kappa shape index (κ3) is 3.56. The molecular weight excluding hydrogens is 232 g/mol. The Morgan fingerprint density at radius 3 is 2.56 bits per heavy atom. The Kier molecular flexibility index (Phi) is 4.85. The molecule has 98 valence electrons. The molecular formula is C13H18N2O3. The van der Waals surface area contributed by atoms with Crippen molar-refractivity contribution in [3.8, 4) is 0 Å². The Labute approximate surface area is 106 Å². The fourth-order valence-electron chi connectivity index (χ4n) is 1.71. The number of carbonyl (C=O) groups excluding carboxylic acids is 1. The second-order valence-electron chi connectivity index (χ2n) is 4.22. The molecule has 0 aliphatic heterocycles. The molecule has 18 heavy (non-hydrogen) atoms. The number of hydrogen-bond acceptors (Lipinski definition) is 3. The summed E-state index contributed by atoms with van der Waals surface area (Å²) < 4.78 is 0. The zero-order valence-corrected chi connectivity index (χ0v) is 10.6. The number of amides is 1. The summed E-state index contributed by atoms with van der Waals surface area (Å²) in [5.74, 6) is -1.22. The number of aryl methyl sites for hydroxylation is 1. The molecule has 0 saturated heterocycles. The first-order valence-corrected chi connectivity index (χ1v) is 5.74. The number of nitrogens with two attached hydrogens (primary N) is 1. The Morgan fingerprint density at radius 2 is 2.00 bits per heavy atom. The van der Waals surface area contributed by atoms with E-state index in [9.17, 15) is 9.59 Å². The van der Waals surface area contributed by atoms with Crippen molar-refractivity contribution < 1.29 is 14.7 Å². The van der Waals surface area contributed by atoms with Crippen LogP contribution in [0.3, 0.4) is 0 Å². The van der Waals surface area contributed by atoms with Gasteiger partial charge in [0.05, 0.1) is 6.04 Å². The molecule has 1 unspecified atom stereocenters. The maximum absolute atomic E-state index is 12.0. The SMILES string of the molecule is Cc1ccccc1N(C)C(=O)C(N)CCC(=O)O. The highest BCUT2D eigenvalue weighted by Gasteiger charge is 2.20. The second kappa shape index (κ2) is 6.16. The second-order valence-corrected chi connectivity index (χ2v) is 4.22. The van der Waals surface area contributed by atoms with E-state index in [1.165, 1.54) is 4.90 Å². The van der Waals surface area contributed by atoms with E-state index in [1.807, 2.05) is 31.2 Å². The van der Waals surface area contributed by atoms with Crippen LogP contribution >= 0.6 is 0 Å². The molecule has 0 fully saturated rings. The number of nitrogens with zero attached hydrogens (tertiary/aromatic N) is 1. The number of rotatable bonds is 5. The standard InChI is InChI=1S/C13H18N2O3/c1-9-5-3-4-6-11(9)15(2)13(18)10(14)7-8-12(16)17/h3-6,10H,7-8,14H2,1-2H3,(H,16,17). The lowest BCUT2D eigenvalue weighted by Crippen LogP contribution is -2.42. The van der Waals surface area contributed by atoms with Crippen LogP contribution < -0.4 is 10.6 Å². The van der Waals surface area contributed by atoms with Gasteiger partial charge < -0.3 is 15.7 Å². The predicted octanol–water partition coefficient (Wildman–Crippen LogP) is 1.15. The number of carboxylic acid groups (broad SMARTS) is 1. The summed E-state index contributed by atoms with van der Waals surface area (Å²) in [5, 5.41) is 8.56. The van der Waals surface area contributed by atoms with Gasteiger partial charge in [0, 0.05) is 19.2 Å². The van der Waals surface area contributed by atoms with Crippen LogP contribution in [-0.2, 0) is 9.59 Å². The van der Waals surface area contributed by atoms with E-state index in [1.54, 1.807) is 7.05 Å². The van der Waals surface area contributed by atoms with E-state index in [0.29, 0.717) is 0 Å². The smallest absolute Gasteiger partial charge is 0.303 e. The third-order valence-electron chi connectivity index (χ3n) is 2.79. The maximum Gasteiger partial charge on any atom is 0.303 e. The van der Waals surface area contributed by atoms with Crippen LogP contribution in [0.4, 0.5) is 5.69 Å². The van der Waals surface area contributed by atoms with Crippen LogP contribution in [0.5, 0.6) is 0 Å². The van der Waals surface area contributed by atoms with Crippen LogP contribution in [0.1, 0.15) is 18.4 Å². The lowest BCUT2D eigenvalue weighted by atomic mass is 10.1. The number of benzene rings is 1. The topological polar surface area (TPSA) is 83.6 Å². The van der Waals surface area contributed by atoms with Crippen LogP contribution in [0, 0.1) is 6.92 Å². The predicted molar refractivity (Wildman–Crippen MR) is 69.4 cm³/mol. The molecule has 1 aromatic carbocycles. The molecule has 0 aliphatic rings. The summed E-state index contributed by atoms with van der Waals surface area (Å²) in [4.78, 5) is 23.9. The molecule has 0 bridgehead atoms. The summed E-state index contributed by atoms with van der Waals surface area (Å²) >= 11 is 0. The van der Waals surface area contributed by atoms with Gasteiger partial charge >= 0.3 is 5.97 Å². The average Bonchev–Trinajstić information content (AvgIpc) is 2.34. The van der Waals surface area contributed by atoms with Gasteiger partial charge in [-0.05, 0) is 25.0 Å². The number of aliphatic carboxylic acids is 1. The highest BCUT2D eigenvalue weighted by Crippen LogP contribution is 2.18.